The van der Waals surface area contributed by atoms with Crippen molar-refractivity contribution in [2.45, 2.75) is 11.8 Å². The van der Waals surface area contributed by atoms with Crippen molar-refractivity contribution in [2.75, 3.05) is 4.90 Å². The van der Waals surface area contributed by atoms with Gasteiger partial charge in [0.2, 0.25) is 11.8 Å². The van der Waals surface area contributed by atoms with E-state index in [1.165, 1.54) is 18.2 Å². The lowest BCUT2D eigenvalue weighted by Gasteiger charge is -2.45. The zero-order valence-corrected chi connectivity index (χ0v) is 16.9. The van der Waals surface area contributed by atoms with Crippen molar-refractivity contribution in [3.8, 4) is 0 Å². The number of carboxylic acids is 1. The van der Waals surface area contributed by atoms with Crippen LogP contribution in [0.1, 0.15) is 44.4 Å². The van der Waals surface area contributed by atoms with Gasteiger partial charge in [-0.2, -0.15) is 0 Å². The summed E-state index contributed by atoms with van der Waals surface area (Å²) in [5.74, 6) is -3.29. The lowest BCUT2D eigenvalue weighted by Crippen LogP contribution is -2.41. The number of imide groups is 1. The molecule has 0 spiro atoms. The Balaban J connectivity index is 1.56. The maximum absolute atomic E-state index is 13.7. The van der Waals surface area contributed by atoms with Crippen molar-refractivity contribution in [1.29, 1.82) is 0 Å². The first kappa shape index (κ1) is 18.3. The molecule has 1 fully saturated rings. The fraction of sp³-hybridized carbons (Fsp3) is 0.160. The highest BCUT2D eigenvalue weighted by Gasteiger charge is 2.61. The first-order valence-electron chi connectivity index (χ1n) is 10.1. The third kappa shape index (κ3) is 2.29. The van der Waals surface area contributed by atoms with Gasteiger partial charge in [0.05, 0.1) is 28.1 Å². The van der Waals surface area contributed by atoms with Gasteiger partial charge in [-0.15, -0.1) is 0 Å². The Morgan fingerprint density at radius 2 is 1.23 bits per heavy atom. The number of halogens is 1. The highest BCUT2D eigenvalue weighted by Crippen LogP contribution is 2.61. The first-order chi connectivity index (χ1) is 15.0. The molecule has 1 aliphatic heterocycles. The molecule has 1 heterocycles. The van der Waals surface area contributed by atoms with Gasteiger partial charge in [0, 0.05) is 11.8 Å². The molecule has 5 nitrogen and oxygen atoms in total. The molecule has 0 unspecified atom stereocenters. The number of amides is 2. The van der Waals surface area contributed by atoms with Crippen LogP contribution in [0.3, 0.4) is 0 Å². The van der Waals surface area contributed by atoms with Crippen LogP contribution in [-0.4, -0.2) is 22.9 Å². The van der Waals surface area contributed by atoms with Crippen LogP contribution in [0.4, 0.5) is 5.69 Å². The van der Waals surface area contributed by atoms with E-state index in [9.17, 15) is 19.5 Å². The SMILES string of the molecule is O=C(O)c1ccc(Cl)c(N2C(=O)[C@@H]3C4c5ccccc5C(c5ccccc54)[C@@H]3C2=O)c1. The molecule has 3 aromatic rings. The van der Waals surface area contributed by atoms with Gasteiger partial charge in [0.1, 0.15) is 0 Å². The van der Waals surface area contributed by atoms with Crippen LogP contribution >= 0.6 is 11.6 Å². The first-order valence-corrected chi connectivity index (χ1v) is 10.4. The minimum atomic E-state index is -1.14. The second-order valence-corrected chi connectivity index (χ2v) is 8.66. The Kier molecular flexibility index (Phi) is 3.72. The fourth-order valence-corrected chi connectivity index (χ4v) is 5.93. The van der Waals surface area contributed by atoms with Crippen molar-refractivity contribution in [3.05, 3.63) is 99.6 Å². The molecule has 1 N–H and O–H groups in total. The number of carbonyl (C=O) groups excluding carboxylic acids is 2. The van der Waals surface area contributed by atoms with E-state index < -0.39 is 17.8 Å². The van der Waals surface area contributed by atoms with Crippen LogP contribution in [0, 0.1) is 11.8 Å². The smallest absolute Gasteiger partial charge is 0.335 e. The highest BCUT2D eigenvalue weighted by atomic mass is 35.5. The van der Waals surface area contributed by atoms with E-state index >= 15 is 0 Å². The zero-order chi connectivity index (χ0) is 21.4. The number of rotatable bonds is 2. The number of hydrogen-bond acceptors (Lipinski definition) is 3. The molecular formula is C25H16ClNO4. The summed E-state index contributed by atoms with van der Waals surface area (Å²) < 4.78 is 0. The topological polar surface area (TPSA) is 74.7 Å². The van der Waals surface area contributed by atoms with Crippen LogP contribution in [0.5, 0.6) is 0 Å². The average molecular weight is 430 g/mol. The van der Waals surface area contributed by atoms with Crippen molar-refractivity contribution in [1.82, 2.24) is 0 Å². The molecule has 7 rings (SSSR count). The number of anilines is 1. The van der Waals surface area contributed by atoms with E-state index in [1.54, 1.807) is 0 Å². The van der Waals surface area contributed by atoms with Gasteiger partial charge < -0.3 is 5.11 Å². The number of nitrogens with zero attached hydrogens (tertiary/aromatic N) is 1. The van der Waals surface area contributed by atoms with Gasteiger partial charge in [-0.1, -0.05) is 60.1 Å². The van der Waals surface area contributed by atoms with Crippen LogP contribution in [0.25, 0.3) is 0 Å². The van der Waals surface area contributed by atoms with E-state index in [2.05, 4.69) is 0 Å². The fourth-order valence-electron chi connectivity index (χ4n) is 5.73. The van der Waals surface area contributed by atoms with Crippen LogP contribution in [-0.2, 0) is 9.59 Å². The average Bonchev–Trinajstić information content (AvgIpc) is 3.05. The summed E-state index contributed by atoms with van der Waals surface area (Å²) in [6.45, 7) is 0. The van der Waals surface area contributed by atoms with E-state index in [0.717, 1.165) is 27.2 Å². The summed E-state index contributed by atoms with van der Waals surface area (Å²) in [5, 5.41) is 9.55. The molecule has 6 heteroatoms. The summed E-state index contributed by atoms with van der Waals surface area (Å²) in [6, 6.07) is 20.1. The summed E-state index contributed by atoms with van der Waals surface area (Å²) in [7, 11) is 0. The van der Waals surface area contributed by atoms with Crippen LogP contribution in [0.2, 0.25) is 5.02 Å². The molecule has 0 aromatic heterocycles. The summed E-state index contributed by atoms with van der Waals surface area (Å²) in [5.41, 5.74) is 4.45. The second-order valence-electron chi connectivity index (χ2n) is 8.25. The van der Waals surface area contributed by atoms with E-state index in [0.29, 0.717) is 0 Å². The quantitative estimate of drug-likeness (QED) is 0.611. The maximum Gasteiger partial charge on any atom is 0.335 e. The molecule has 152 valence electrons. The lowest BCUT2D eigenvalue weighted by molar-refractivity contribution is -0.122. The van der Waals surface area contributed by atoms with E-state index in [4.69, 9.17) is 11.6 Å². The molecule has 0 saturated carbocycles. The zero-order valence-electron chi connectivity index (χ0n) is 16.2. The Hall–Kier alpha value is -3.44. The van der Waals surface area contributed by atoms with Gasteiger partial charge in [-0.05, 0) is 40.5 Å². The van der Waals surface area contributed by atoms with Crippen molar-refractivity contribution < 1.29 is 19.5 Å². The predicted molar refractivity (Wildman–Crippen MR) is 114 cm³/mol. The number of aromatic carboxylic acids is 1. The largest absolute Gasteiger partial charge is 0.478 e. The maximum atomic E-state index is 13.7. The number of benzene rings is 3. The molecule has 1 saturated heterocycles. The number of hydrogen-bond donors (Lipinski definition) is 1. The summed E-state index contributed by atoms with van der Waals surface area (Å²) in [4.78, 5) is 40.0. The van der Waals surface area contributed by atoms with E-state index in [1.807, 2.05) is 48.5 Å². The van der Waals surface area contributed by atoms with Crippen LogP contribution in [0.15, 0.2) is 66.7 Å². The Bertz CT molecular complexity index is 1200. The van der Waals surface area contributed by atoms with Gasteiger partial charge in [0.25, 0.3) is 0 Å². The van der Waals surface area contributed by atoms with Crippen molar-refractivity contribution in [2.24, 2.45) is 11.8 Å². The number of carboxylic acid groups (broad SMARTS) is 1. The van der Waals surface area contributed by atoms with Crippen molar-refractivity contribution >= 4 is 35.1 Å². The van der Waals surface area contributed by atoms with E-state index in [-0.39, 0.29) is 39.9 Å². The number of carbonyl (C=O) groups is 3. The van der Waals surface area contributed by atoms with Crippen molar-refractivity contribution in [3.63, 3.8) is 0 Å². The van der Waals surface area contributed by atoms with Gasteiger partial charge in [-0.3, -0.25) is 9.59 Å². The Morgan fingerprint density at radius 1 is 0.774 bits per heavy atom. The molecule has 3 aliphatic carbocycles. The molecule has 0 radical (unpaired) electrons. The highest BCUT2D eigenvalue weighted by molar-refractivity contribution is 6.36. The molecule has 2 atom stereocenters. The standard InChI is InChI=1S/C25H16ClNO4/c26-17-10-9-12(25(30)31)11-18(17)27-23(28)21-19-13-5-1-2-6-14(13)20(22(21)24(27)29)16-8-4-3-7-15(16)19/h1-11,19-22H,(H,30,31)/t19?,20?,21-,22+. The van der Waals surface area contributed by atoms with Gasteiger partial charge in [-0.25, -0.2) is 9.69 Å². The third-order valence-electron chi connectivity index (χ3n) is 6.88. The molecule has 4 aliphatic rings. The minimum Gasteiger partial charge on any atom is -0.478 e. The monoisotopic (exact) mass is 429 g/mol. The predicted octanol–water partition coefficient (Wildman–Crippen LogP) is 4.43. The Morgan fingerprint density at radius 3 is 1.65 bits per heavy atom. The molecule has 31 heavy (non-hydrogen) atoms. The lowest BCUT2D eigenvalue weighted by atomic mass is 9.55. The molecule has 2 amide bonds. The van der Waals surface area contributed by atoms with Gasteiger partial charge >= 0.3 is 5.97 Å². The molecular weight excluding hydrogens is 414 g/mol. The normalized spacial score (nSPS) is 25.3. The second kappa shape index (κ2) is 6.28. The van der Waals surface area contributed by atoms with Gasteiger partial charge in [0.15, 0.2) is 0 Å². The molecule has 2 bridgehead atoms. The van der Waals surface area contributed by atoms with Crippen LogP contribution < -0.4 is 4.90 Å². The summed E-state index contributed by atoms with van der Waals surface area (Å²) in [6.07, 6.45) is 0. The third-order valence-corrected chi connectivity index (χ3v) is 7.20. The Labute approximate surface area is 182 Å². The molecule has 3 aromatic carbocycles. The summed E-state index contributed by atoms with van der Waals surface area (Å²) >= 11 is 6.34. The minimum absolute atomic E-state index is 0.0237.